The van der Waals surface area contributed by atoms with Crippen LogP contribution in [0.1, 0.15) is 39.0 Å². The predicted molar refractivity (Wildman–Crippen MR) is 77.6 cm³/mol. The first-order valence-corrected chi connectivity index (χ1v) is 7.68. The third-order valence-electron chi connectivity index (χ3n) is 3.92. The molecule has 1 rings (SSSR count). The Morgan fingerprint density at radius 2 is 1.68 bits per heavy atom. The van der Waals surface area contributed by atoms with Crippen LogP contribution in [-0.2, 0) is 14.2 Å². The molecule has 4 heteroatoms. The predicted octanol–water partition coefficient (Wildman–Crippen LogP) is 2.23. The minimum atomic E-state index is 0.520. The molecule has 0 unspecified atom stereocenters. The van der Waals surface area contributed by atoms with E-state index in [0.717, 1.165) is 19.7 Å². The summed E-state index contributed by atoms with van der Waals surface area (Å²) in [4.78, 5) is 0. The minimum Gasteiger partial charge on any atom is -0.382 e. The monoisotopic (exact) mass is 273 g/mol. The van der Waals surface area contributed by atoms with Crippen LogP contribution in [0, 0.1) is 5.41 Å². The maximum absolute atomic E-state index is 5.66. The average molecular weight is 273 g/mol. The summed E-state index contributed by atoms with van der Waals surface area (Å²) in [5.74, 6) is 0. The zero-order valence-corrected chi connectivity index (χ0v) is 12.7. The third-order valence-corrected chi connectivity index (χ3v) is 3.92. The summed E-state index contributed by atoms with van der Waals surface area (Å²) in [5, 5.41) is 3.56. The second-order valence-electron chi connectivity index (χ2n) is 5.50. The SMILES string of the molecule is CCCNCC1(CCOCCOCCOC)CCC1. The number of hydrogen-bond acceptors (Lipinski definition) is 4. The van der Waals surface area contributed by atoms with Crippen molar-refractivity contribution in [1.29, 1.82) is 0 Å². The Kier molecular flexibility index (Phi) is 9.43. The molecule has 1 fully saturated rings. The lowest BCUT2D eigenvalue weighted by atomic mass is 9.67. The molecule has 1 aliphatic rings. The number of rotatable bonds is 13. The summed E-state index contributed by atoms with van der Waals surface area (Å²) in [7, 11) is 1.69. The van der Waals surface area contributed by atoms with E-state index in [9.17, 15) is 0 Å². The van der Waals surface area contributed by atoms with E-state index in [2.05, 4.69) is 12.2 Å². The molecule has 19 heavy (non-hydrogen) atoms. The van der Waals surface area contributed by atoms with Crippen molar-refractivity contribution in [2.24, 2.45) is 5.41 Å². The van der Waals surface area contributed by atoms with E-state index in [-0.39, 0.29) is 0 Å². The quantitative estimate of drug-likeness (QED) is 0.522. The molecule has 1 aliphatic carbocycles. The summed E-state index contributed by atoms with van der Waals surface area (Å²) in [5.41, 5.74) is 0.520. The Hall–Kier alpha value is -0.160. The molecular formula is C15H31NO3. The molecule has 0 atom stereocenters. The van der Waals surface area contributed by atoms with Crippen LogP contribution in [0.5, 0.6) is 0 Å². The van der Waals surface area contributed by atoms with Crippen LogP contribution in [-0.4, -0.2) is 53.2 Å². The van der Waals surface area contributed by atoms with Crippen molar-refractivity contribution in [1.82, 2.24) is 5.32 Å². The molecule has 0 aromatic rings. The van der Waals surface area contributed by atoms with Gasteiger partial charge in [-0.1, -0.05) is 13.3 Å². The van der Waals surface area contributed by atoms with Gasteiger partial charge in [-0.2, -0.15) is 0 Å². The highest BCUT2D eigenvalue weighted by Crippen LogP contribution is 2.43. The molecule has 0 heterocycles. The molecule has 0 aromatic heterocycles. The van der Waals surface area contributed by atoms with E-state index in [4.69, 9.17) is 14.2 Å². The number of ether oxygens (including phenoxy) is 3. The Morgan fingerprint density at radius 3 is 2.26 bits per heavy atom. The zero-order chi connectivity index (χ0) is 13.8. The van der Waals surface area contributed by atoms with Gasteiger partial charge in [0.25, 0.3) is 0 Å². The Bertz CT molecular complexity index is 208. The van der Waals surface area contributed by atoms with Gasteiger partial charge in [-0.15, -0.1) is 0 Å². The first-order valence-electron chi connectivity index (χ1n) is 7.68. The summed E-state index contributed by atoms with van der Waals surface area (Å²) in [6.07, 6.45) is 6.50. The Labute approximate surface area is 118 Å². The molecule has 114 valence electrons. The Balaban J connectivity index is 1.94. The van der Waals surface area contributed by atoms with Gasteiger partial charge in [0.1, 0.15) is 0 Å². The van der Waals surface area contributed by atoms with Crippen LogP contribution < -0.4 is 5.32 Å². The summed E-state index contributed by atoms with van der Waals surface area (Å²) in [6.45, 7) is 8.06. The van der Waals surface area contributed by atoms with Gasteiger partial charge in [-0.05, 0) is 37.6 Å². The summed E-state index contributed by atoms with van der Waals surface area (Å²) in [6, 6.07) is 0. The highest BCUT2D eigenvalue weighted by atomic mass is 16.5. The maximum atomic E-state index is 5.66. The highest BCUT2D eigenvalue weighted by molar-refractivity contribution is 4.89. The van der Waals surface area contributed by atoms with Gasteiger partial charge in [-0.25, -0.2) is 0 Å². The zero-order valence-electron chi connectivity index (χ0n) is 12.7. The van der Waals surface area contributed by atoms with E-state index < -0.39 is 0 Å². The maximum Gasteiger partial charge on any atom is 0.0701 e. The molecule has 0 amide bonds. The summed E-state index contributed by atoms with van der Waals surface area (Å²) >= 11 is 0. The van der Waals surface area contributed by atoms with Crippen molar-refractivity contribution in [3.63, 3.8) is 0 Å². The van der Waals surface area contributed by atoms with Gasteiger partial charge in [0.2, 0.25) is 0 Å². The van der Waals surface area contributed by atoms with E-state index in [1.54, 1.807) is 7.11 Å². The van der Waals surface area contributed by atoms with Crippen molar-refractivity contribution in [3.05, 3.63) is 0 Å². The third kappa shape index (κ3) is 7.25. The van der Waals surface area contributed by atoms with Crippen molar-refractivity contribution in [3.8, 4) is 0 Å². The van der Waals surface area contributed by atoms with E-state index in [1.165, 1.54) is 32.1 Å². The van der Waals surface area contributed by atoms with Crippen molar-refractivity contribution < 1.29 is 14.2 Å². The minimum absolute atomic E-state index is 0.520. The van der Waals surface area contributed by atoms with Crippen molar-refractivity contribution in [2.45, 2.75) is 39.0 Å². The second-order valence-corrected chi connectivity index (χ2v) is 5.50. The molecule has 0 radical (unpaired) electrons. The fourth-order valence-electron chi connectivity index (χ4n) is 2.48. The number of hydrogen-bond donors (Lipinski definition) is 1. The van der Waals surface area contributed by atoms with Crippen LogP contribution in [0.3, 0.4) is 0 Å². The van der Waals surface area contributed by atoms with Crippen LogP contribution in [0.25, 0.3) is 0 Å². The molecule has 0 bridgehead atoms. The smallest absolute Gasteiger partial charge is 0.0701 e. The Morgan fingerprint density at radius 1 is 1.00 bits per heavy atom. The van der Waals surface area contributed by atoms with Gasteiger partial charge < -0.3 is 19.5 Å². The van der Waals surface area contributed by atoms with Crippen molar-refractivity contribution >= 4 is 0 Å². The van der Waals surface area contributed by atoms with Crippen LogP contribution in [0.2, 0.25) is 0 Å². The average Bonchev–Trinajstić information content (AvgIpc) is 2.38. The largest absolute Gasteiger partial charge is 0.382 e. The topological polar surface area (TPSA) is 39.7 Å². The van der Waals surface area contributed by atoms with E-state index in [0.29, 0.717) is 31.8 Å². The first kappa shape index (κ1) is 16.9. The summed E-state index contributed by atoms with van der Waals surface area (Å²) < 4.78 is 15.9. The van der Waals surface area contributed by atoms with Gasteiger partial charge in [0.15, 0.2) is 0 Å². The lowest BCUT2D eigenvalue weighted by molar-refractivity contribution is 0.00599. The lowest BCUT2D eigenvalue weighted by Crippen LogP contribution is -2.41. The number of methoxy groups -OCH3 is 1. The van der Waals surface area contributed by atoms with Gasteiger partial charge >= 0.3 is 0 Å². The van der Waals surface area contributed by atoms with Crippen molar-refractivity contribution in [2.75, 3.05) is 53.2 Å². The fourth-order valence-corrected chi connectivity index (χ4v) is 2.48. The van der Waals surface area contributed by atoms with Gasteiger partial charge in [0.05, 0.1) is 26.4 Å². The highest BCUT2D eigenvalue weighted by Gasteiger charge is 2.35. The molecular weight excluding hydrogens is 242 g/mol. The molecule has 0 aliphatic heterocycles. The van der Waals surface area contributed by atoms with Gasteiger partial charge in [-0.3, -0.25) is 0 Å². The molecule has 1 saturated carbocycles. The molecule has 4 nitrogen and oxygen atoms in total. The lowest BCUT2D eigenvalue weighted by Gasteiger charge is -2.42. The van der Waals surface area contributed by atoms with E-state index >= 15 is 0 Å². The molecule has 0 saturated heterocycles. The normalized spacial score (nSPS) is 17.4. The molecule has 1 N–H and O–H groups in total. The van der Waals surface area contributed by atoms with Crippen LogP contribution in [0.15, 0.2) is 0 Å². The van der Waals surface area contributed by atoms with E-state index in [1.807, 2.05) is 0 Å². The first-order chi connectivity index (χ1) is 9.33. The molecule has 0 aromatic carbocycles. The van der Waals surface area contributed by atoms with Gasteiger partial charge in [0, 0.05) is 20.3 Å². The fraction of sp³-hybridized carbons (Fsp3) is 1.00. The standard InChI is InChI=1S/C15H31NO3/c1-3-8-16-14-15(5-4-6-15)7-9-18-12-13-19-11-10-17-2/h16H,3-14H2,1-2H3. The van der Waals surface area contributed by atoms with Crippen LogP contribution in [0.4, 0.5) is 0 Å². The second kappa shape index (κ2) is 10.6. The van der Waals surface area contributed by atoms with Crippen LogP contribution >= 0.6 is 0 Å². The number of nitrogens with one attached hydrogen (secondary N) is 1. The molecule has 0 spiro atoms.